The van der Waals surface area contributed by atoms with Crippen LogP contribution >= 0.6 is 23.1 Å². The van der Waals surface area contributed by atoms with Crippen LogP contribution in [0.15, 0.2) is 83.1 Å². The molecule has 0 bridgehead atoms. The Morgan fingerprint density at radius 2 is 1.77 bits per heavy atom. The first-order valence-corrected chi connectivity index (χ1v) is 12.7. The molecule has 1 atom stereocenters. The molecule has 8 heteroatoms. The van der Waals surface area contributed by atoms with Gasteiger partial charge in [-0.2, -0.15) is 0 Å². The van der Waals surface area contributed by atoms with Crippen LogP contribution in [0.25, 0.3) is 11.3 Å². The second-order valence-electron chi connectivity index (χ2n) is 7.81. The van der Waals surface area contributed by atoms with Gasteiger partial charge in [0.2, 0.25) is 5.91 Å². The van der Waals surface area contributed by atoms with E-state index >= 15 is 0 Å². The van der Waals surface area contributed by atoms with Crippen LogP contribution < -0.4 is 15.4 Å². The van der Waals surface area contributed by atoms with E-state index in [1.165, 1.54) is 23.1 Å². The lowest BCUT2D eigenvalue weighted by molar-refractivity contribution is -0.115. The summed E-state index contributed by atoms with van der Waals surface area (Å²) in [6, 6.07) is 22.6. The average molecular weight is 504 g/mol. The number of methoxy groups -OCH3 is 1. The molecule has 2 N–H and O–H groups in total. The topological polar surface area (TPSA) is 80.3 Å². The van der Waals surface area contributed by atoms with Gasteiger partial charge < -0.3 is 15.4 Å². The third-order valence-corrected chi connectivity index (χ3v) is 7.15. The maximum Gasteiger partial charge on any atom is 0.255 e. The number of nitrogens with zero attached hydrogens (tertiary/aromatic N) is 1. The standard InChI is InChI=1S/C27H25N3O3S2/c1-17-7-4-5-10-23(17)26(32)28-20-11-13-22(14-12-20)35-18(2)25(31)30-27-29-24(16-34-27)19-8-6-9-21(15-19)33-3/h4-16,18H,1-3H3,(H,28,32)(H,29,30,31). The lowest BCUT2D eigenvalue weighted by atomic mass is 10.1. The predicted molar refractivity (Wildman–Crippen MR) is 144 cm³/mol. The Morgan fingerprint density at radius 1 is 1.00 bits per heavy atom. The van der Waals surface area contributed by atoms with Crippen molar-refractivity contribution in [2.75, 3.05) is 17.7 Å². The Balaban J connectivity index is 1.33. The summed E-state index contributed by atoms with van der Waals surface area (Å²) in [6.45, 7) is 3.76. The molecule has 2 amide bonds. The Kier molecular flexibility index (Phi) is 7.84. The molecule has 0 aliphatic rings. The summed E-state index contributed by atoms with van der Waals surface area (Å²) in [5.41, 5.74) is 3.99. The largest absolute Gasteiger partial charge is 0.497 e. The van der Waals surface area contributed by atoms with E-state index in [1.54, 1.807) is 13.2 Å². The fraction of sp³-hybridized carbons (Fsp3) is 0.148. The number of hydrogen-bond acceptors (Lipinski definition) is 6. The third-order valence-electron chi connectivity index (χ3n) is 5.28. The molecule has 0 aliphatic heterocycles. The second-order valence-corrected chi connectivity index (χ2v) is 10.1. The van der Waals surface area contributed by atoms with Crippen LogP contribution in [0.2, 0.25) is 0 Å². The van der Waals surface area contributed by atoms with Crippen molar-refractivity contribution in [1.29, 1.82) is 0 Å². The van der Waals surface area contributed by atoms with Crippen molar-refractivity contribution in [3.8, 4) is 17.0 Å². The van der Waals surface area contributed by atoms with Crippen LogP contribution in [0.1, 0.15) is 22.8 Å². The first-order valence-electron chi connectivity index (χ1n) is 11.0. The number of thioether (sulfide) groups is 1. The number of aryl methyl sites for hydroxylation is 1. The lowest BCUT2D eigenvalue weighted by Crippen LogP contribution is -2.22. The van der Waals surface area contributed by atoms with Crippen LogP contribution in [-0.2, 0) is 4.79 Å². The quantitative estimate of drug-likeness (QED) is 0.268. The highest BCUT2D eigenvalue weighted by Crippen LogP contribution is 2.29. The van der Waals surface area contributed by atoms with Crippen LogP contribution in [-0.4, -0.2) is 29.2 Å². The molecule has 0 radical (unpaired) electrons. The molecule has 0 saturated carbocycles. The minimum atomic E-state index is -0.327. The summed E-state index contributed by atoms with van der Waals surface area (Å²) in [4.78, 5) is 30.7. The first-order chi connectivity index (χ1) is 16.9. The van der Waals surface area contributed by atoms with E-state index in [9.17, 15) is 9.59 Å². The second kappa shape index (κ2) is 11.2. The first kappa shape index (κ1) is 24.5. The molecule has 4 aromatic rings. The Labute approximate surface area is 212 Å². The normalized spacial score (nSPS) is 11.5. The number of aromatic nitrogens is 1. The van der Waals surface area contributed by atoms with E-state index in [0.717, 1.165) is 27.5 Å². The maximum absolute atomic E-state index is 12.7. The summed E-state index contributed by atoms with van der Waals surface area (Å²) in [6.07, 6.45) is 0. The van der Waals surface area contributed by atoms with Gasteiger partial charge in [0, 0.05) is 27.1 Å². The predicted octanol–water partition coefficient (Wildman–Crippen LogP) is 6.50. The number of carbonyl (C=O) groups is 2. The van der Waals surface area contributed by atoms with Gasteiger partial charge in [-0.3, -0.25) is 9.59 Å². The molecule has 0 spiro atoms. The van der Waals surface area contributed by atoms with Gasteiger partial charge in [-0.15, -0.1) is 23.1 Å². The zero-order valence-electron chi connectivity index (χ0n) is 19.6. The highest BCUT2D eigenvalue weighted by Gasteiger charge is 2.17. The Hall–Kier alpha value is -3.62. The van der Waals surface area contributed by atoms with Gasteiger partial charge in [0.15, 0.2) is 5.13 Å². The summed E-state index contributed by atoms with van der Waals surface area (Å²) in [7, 11) is 1.63. The van der Waals surface area contributed by atoms with E-state index in [1.807, 2.05) is 86.0 Å². The van der Waals surface area contributed by atoms with Crippen LogP contribution in [0.4, 0.5) is 10.8 Å². The monoisotopic (exact) mass is 503 g/mol. The average Bonchev–Trinajstić information content (AvgIpc) is 3.34. The zero-order chi connectivity index (χ0) is 24.8. The zero-order valence-corrected chi connectivity index (χ0v) is 21.2. The molecule has 1 heterocycles. The number of anilines is 2. The van der Waals surface area contributed by atoms with E-state index < -0.39 is 0 Å². The number of carbonyl (C=O) groups excluding carboxylic acids is 2. The van der Waals surface area contributed by atoms with Crippen LogP contribution in [0, 0.1) is 6.92 Å². The van der Waals surface area contributed by atoms with Crippen molar-refractivity contribution in [2.45, 2.75) is 24.0 Å². The fourth-order valence-corrected chi connectivity index (χ4v) is 4.94. The summed E-state index contributed by atoms with van der Waals surface area (Å²) >= 11 is 2.82. The Morgan fingerprint density at radius 3 is 2.51 bits per heavy atom. The van der Waals surface area contributed by atoms with Crippen molar-refractivity contribution in [1.82, 2.24) is 4.98 Å². The number of hydrogen-bond donors (Lipinski definition) is 2. The molecule has 178 valence electrons. The number of nitrogens with one attached hydrogen (secondary N) is 2. The van der Waals surface area contributed by atoms with Gasteiger partial charge in [-0.1, -0.05) is 30.3 Å². The maximum atomic E-state index is 12.7. The highest BCUT2D eigenvalue weighted by molar-refractivity contribution is 8.00. The van der Waals surface area contributed by atoms with Gasteiger partial charge in [0.1, 0.15) is 5.75 Å². The highest BCUT2D eigenvalue weighted by atomic mass is 32.2. The molecule has 1 aromatic heterocycles. The number of benzene rings is 3. The van der Waals surface area contributed by atoms with Crippen LogP contribution in [0.3, 0.4) is 0 Å². The summed E-state index contributed by atoms with van der Waals surface area (Å²) < 4.78 is 5.27. The molecule has 1 unspecified atom stereocenters. The number of thiazole rings is 1. The fourth-order valence-electron chi connectivity index (χ4n) is 3.35. The van der Waals surface area contributed by atoms with E-state index in [2.05, 4.69) is 15.6 Å². The van der Waals surface area contributed by atoms with Crippen molar-refractivity contribution in [3.63, 3.8) is 0 Å². The van der Waals surface area contributed by atoms with Gasteiger partial charge in [-0.05, 0) is 61.9 Å². The molecule has 4 rings (SSSR count). The molecular weight excluding hydrogens is 478 g/mol. The molecule has 0 fully saturated rings. The van der Waals surface area contributed by atoms with Crippen molar-refractivity contribution >= 4 is 45.7 Å². The smallest absolute Gasteiger partial charge is 0.255 e. The minimum absolute atomic E-state index is 0.126. The summed E-state index contributed by atoms with van der Waals surface area (Å²) in [5.74, 6) is 0.485. The number of rotatable bonds is 8. The van der Waals surface area contributed by atoms with Gasteiger partial charge in [0.05, 0.1) is 18.1 Å². The van der Waals surface area contributed by atoms with Crippen molar-refractivity contribution in [3.05, 3.63) is 89.3 Å². The minimum Gasteiger partial charge on any atom is -0.497 e. The molecule has 3 aromatic carbocycles. The summed E-state index contributed by atoms with van der Waals surface area (Å²) in [5, 5.41) is 7.95. The number of amides is 2. The van der Waals surface area contributed by atoms with Crippen molar-refractivity contribution in [2.24, 2.45) is 0 Å². The van der Waals surface area contributed by atoms with E-state index in [0.29, 0.717) is 16.4 Å². The lowest BCUT2D eigenvalue weighted by Gasteiger charge is -2.12. The van der Waals surface area contributed by atoms with Gasteiger partial charge in [-0.25, -0.2) is 4.98 Å². The molecule has 0 saturated heterocycles. The van der Waals surface area contributed by atoms with E-state index in [-0.39, 0.29) is 17.1 Å². The number of ether oxygens (including phenoxy) is 1. The molecule has 0 aliphatic carbocycles. The van der Waals surface area contributed by atoms with E-state index in [4.69, 9.17) is 4.74 Å². The molecular formula is C27H25N3O3S2. The van der Waals surface area contributed by atoms with Crippen molar-refractivity contribution < 1.29 is 14.3 Å². The Bertz CT molecular complexity index is 1340. The third kappa shape index (κ3) is 6.29. The molecule has 6 nitrogen and oxygen atoms in total. The van der Waals surface area contributed by atoms with Gasteiger partial charge in [0.25, 0.3) is 5.91 Å². The van der Waals surface area contributed by atoms with Gasteiger partial charge >= 0.3 is 0 Å². The van der Waals surface area contributed by atoms with Crippen LogP contribution in [0.5, 0.6) is 5.75 Å². The molecule has 35 heavy (non-hydrogen) atoms. The SMILES string of the molecule is COc1cccc(-c2csc(NC(=O)C(C)Sc3ccc(NC(=O)c4ccccc4C)cc3)n2)c1.